The molecule has 0 spiro atoms. The lowest BCUT2D eigenvalue weighted by Gasteiger charge is -2.09. The van der Waals surface area contributed by atoms with Crippen LogP contribution in [-0.2, 0) is 4.79 Å². The predicted octanol–water partition coefficient (Wildman–Crippen LogP) is 4.82. The van der Waals surface area contributed by atoms with Gasteiger partial charge in [0, 0.05) is 12.5 Å². The first-order chi connectivity index (χ1) is 10.2. The van der Waals surface area contributed by atoms with Crippen molar-refractivity contribution in [1.29, 1.82) is 0 Å². The zero-order valence-electron chi connectivity index (χ0n) is 13.6. The Morgan fingerprint density at radius 1 is 1.00 bits per heavy atom. The van der Waals surface area contributed by atoms with Gasteiger partial charge in [-0.3, -0.25) is 4.79 Å². The summed E-state index contributed by atoms with van der Waals surface area (Å²) in [4.78, 5) is 10.4. The highest BCUT2D eigenvalue weighted by atomic mass is 16.4. The van der Waals surface area contributed by atoms with Crippen molar-refractivity contribution in [2.24, 2.45) is 5.73 Å². The third-order valence-corrected chi connectivity index (χ3v) is 3.49. The summed E-state index contributed by atoms with van der Waals surface area (Å²) in [6.07, 6.45) is 20.0. The van der Waals surface area contributed by atoms with Gasteiger partial charge in [-0.05, 0) is 51.4 Å². The Bertz CT molecular complexity index is 298. The zero-order chi connectivity index (χ0) is 15.8. The molecule has 0 aliphatic heterocycles. The standard InChI is InChI=1S/C18H33NO2/c1-2-3-4-5-6-7-8-9-10-11-12-14-17(19)15-13-16-18(20)21/h6-7,9-10,17H,2-5,8,11-16,19H2,1H3,(H,20,21)/b7-6-,10-9-. The Hall–Kier alpha value is -1.09. The summed E-state index contributed by atoms with van der Waals surface area (Å²) in [7, 11) is 0. The van der Waals surface area contributed by atoms with Crippen LogP contribution in [0.15, 0.2) is 24.3 Å². The number of unbranched alkanes of at least 4 members (excludes halogenated alkanes) is 4. The summed E-state index contributed by atoms with van der Waals surface area (Å²) in [5, 5.41) is 8.55. The zero-order valence-corrected chi connectivity index (χ0v) is 13.6. The van der Waals surface area contributed by atoms with Gasteiger partial charge in [-0.25, -0.2) is 0 Å². The number of hydrogen-bond acceptors (Lipinski definition) is 2. The van der Waals surface area contributed by atoms with E-state index in [9.17, 15) is 4.79 Å². The molecule has 0 rings (SSSR count). The van der Waals surface area contributed by atoms with Crippen molar-refractivity contribution in [3.63, 3.8) is 0 Å². The van der Waals surface area contributed by atoms with Crippen molar-refractivity contribution in [2.75, 3.05) is 0 Å². The SMILES string of the molecule is CCCCC/C=C\C/C=C\CCCC(N)CCCC(=O)O. The van der Waals surface area contributed by atoms with Crippen molar-refractivity contribution in [3.05, 3.63) is 24.3 Å². The predicted molar refractivity (Wildman–Crippen MR) is 90.4 cm³/mol. The molecule has 0 radical (unpaired) electrons. The van der Waals surface area contributed by atoms with E-state index in [4.69, 9.17) is 10.8 Å². The van der Waals surface area contributed by atoms with Gasteiger partial charge in [-0.2, -0.15) is 0 Å². The van der Waals surface area contributed by atoms with Crippen LogP contribution >= 0.6 is 0 Å². The monoisotopic (exact) mass is 295 g/mol. The van der Waals surface area contributed by atoms with Gasteiger partial charge >= 0.3 is 5.97 Å². The lowest BCUT2D eigenvalue weighted by atomic mass is 10.0. The van der Waals surface area contributed by atoms with Gasteiger partial charge in [0.05, 0.1) is 0 Å². The Morgan fingerprint density at radius 3 is 2.24 bits per heavy atom. The van der Waals surface area contributed by atoms with Crippen molar-refractivity contribution >= 4 is 5.97 Å². The minimum absolute atomic E-state index is 0.149. The number of nitrogens with two attached hydrogens (primary N) is 1. The van der Waals surface area contributed by atoms with Crippen molar-refractivity contribution in [3.8, 4) is 0 Å². The number of rotatable bonds is 14. The van der Waals surface area contributed by atoms with Gasteiger partial charge in [0.1, 0.15) is 0 Å². The molecule has 0 aromatic heterocycles. The van der Waals surface area contributed by atoms with E-state index in [1.807, 2.05) is 0 Å². The van der Waals surface area contributed by atoms with Crippen molar-refractivity contribution < 1.29 is 9.90 Å². The van der Waals surface area contributed by atoms with Crippen LogP contribution in [0.4, 0.5) is 0 Å². The minimum atomic E-state index is -0.729. The molecule has 1 unspecified atom stereocenters. The molecule has 0 amide bonds. The first kappa shape index (κ1) is 19.9. The topological polar surface area (TPSA) is 63.3 Å². The summed E-state index contributed by atoms with van der Waals surface area (Å²) in [5.41, 5.74) is 5.95. The lowest BCUT2D eigenvalue weighted by Crippen LogP contribution is -2.19. The average Bonchev–Trinajstić information content (AvgIpc) is 2.44. The Morgan fingerprint density at radius 2 is 1.62 bits per heavy atom. The van der Waals surface area contributed by atoms with E-state index < -0.39 is 5.97 Å². The summed E-state index contributed by atoms with van der Waals surface area (Å²) in [6.45, 7) is 2.23. The van der Waals surface area contributed by atoms with Gasteiger partial charge in [0.2, 0.25) is 0 Å². The maximum Gasteiger partial charge on any atom is 0.303 e. The molecule has 0 bridgehead atoms. The number of aliphatic carboxylic acids is 1. The highest BCUT2D eigenvalue weighted by Gasteiger charge is 2.03. The van der Waals surface area contributed by atoms with Gasteiger partial charge in [0.25, 0.3) is 0 Å². The number of allylic oxidation sites excluding steroid dienone is 4. The van der Waals surface area contributed by atoms with Crippen LogP contribution in [0.25, 0.3) is 0 Å². The third kappa shape index (κ3) is 16.9. The van der Waals surface area contributed by atoms with Crippen LogP contribution in [0, 0.1) is 0 Å². The molecule has 0 aliphatic carbocycles. The second-order valence-corrected chi connectivity index (χ2v) is 5.65. The largest absolute Gasteiger partial charge is 0.481 e. The second kappa shape index (κ2) is 15.3. The van der Waals surface area contributed by atoms with Gasteiger partial charge in [-0.15, -0.1) is 0 Å². The molecular formula is C18H33NO2. The summed E-state index contributed by atoms with van der Waals surface area (Å²) < 4.78 is 0. The first-order valence-corrected chi connectivity index (χ1v) is 8.44. The molecule has 0 aromatic rings. The van der Waals surface area contributed by atoms with E-state index in [1.165, 1.54) is 25.7 Å². The maximum atomic E-state index is 10.4. The Labute approximate surface area is 130 Å². The lowest BCUT2D eigenvalue weighted by molar-refractivity contribution is -0.137. The van der Waals surface area contributed by atoms with Crippen LogP contribution in [0.3, 0.4) is 0 Å². The van der Waals surface area contributed by atoms with Crippen LogP contribution < -0.4 is 5.73 Å². The molecule has 21 heavy (non-hydrogen) atoms. The molecule has 122 valence electrons. The smallest absolute Gasteiger partial charge is 0.303 e. The van der Waals surface area contributed by atoms with E-state index in [2.05, 4.69) is 31.2 Å². The van der Waals surface area contributed by atoms with Crippen LogP contribution in [0.5, 0.6) is 0 Å². The summed E-state index contributed by atoms with van der Waals surface area (Å²) in [6, 6.07) is 0.149. The van der Waals surface area contributed by atoms with E-state index in [0.29, 0.717) is 6.42 Å². The van der Waals surface area contributed by atoms with Crippen LogP contribution in [-0.4, -0.2) is 17.1 Å². The van der Waals surface area contributed by atoms with E-state index >= 15 is 0 Å². The fourth-order valence-corrected chi connectivity index (χ4v) is 2.18. The molecule has 0 aromatic carbocycles. The van der Waals surface area contributed by atoms with E-state index in [0.717, 1.165) is 32.1 Å². The van der Waals surface area contributed by atoms with Gasteiger partial charge in [-0.1, -0.05) is 44.1 Å². The molecule has 0 saturated carbocycles. The van der Waals surface area contributed by atoms with Crippen molar-refractivity contribution in [2.45, 2.75) is 83.6 Å². The number of carbonyl (C=O) groups is 1. The number of carboxylic acids is 1. The van der Waals surface area contributed by atoms with Crippen LogP contribution in [0.1, 0.15) is 77.6 Å². The van der Waals surface area contributed by atoms with Gasteiger partial charge < -0.3 is 10.8 Å². The van der Waals surface area contributed by atoms with Crippen LogP contribution in [0.2, 0.25) is 0 Å². The normalized spacial score (nSPS) is 13.2. The summed E-state index contributed by atoms with van der Waals surface area (Å²) in [5.74, 6) is -0.729. The number of carboxylic acid groups (broad SMARTS) is 1. The Balaban J connectivity index is 3.36. The van der Waals surface area contributed by atoms with E-state index in [1.54, 1.807) is 0 Å². The maximum absolute atomic E-state index is 10.4. The fourth-order valence-electron chi connectivity index (χ4n) is 2.18. The number of hydrogen-bond donors (Lipinski definition) is 2. The molecule has 0 saturated heterocycles. The van der Waals surface area contributed by atoms with Gasteiger partial charge in [0.15, 0.2) is 0 Å². The molecule has 0 heterocycles. The average molecular weight is 295 g/mol. The summed E-state index contributed by atoms with van der Waals surface area (Å²) >= 11 is 0. The molecule has 0 aliphatic rings. The minimum Gasteiger partial charge on any atom is -0.481 e. The van der Waals surface area contributed by atoms with Crippen molar-refractivity contribution in [1.82, 2.24) is 0 Å². The molecule has 0 fully saturated rings. The highest BCUT2D eigenvalue weighted by Crippen LogP contribution is 2.07. The second-order valence-electron chi connectivity index (χ2n) is 5.65. The fraction of sp³-hybridized carbons (Fsp3) is 0.722. The molecule has 3 N–H and O–H groups in total. The quantitative estimate of drug-likeness (QED) is 0.356. The third-order valence-electron chi connectivity index (χ3n) is 3.49. The molecule has 3 nitrogen and oxygen atoms in total. The first-order valence-electron chi connectivity index (χ1n) is 8.44. The van der Waals surface area contributed by atoms with E-state index in [-0.39, 0.29) is 12.5 Å². The molecular weight excluding hydrogens is 262 g/mol. The Kier molecular flexibility index (Phi) is 14.5. The molecule has 3 heteroatoms. The highest BCUT2D eigenvalue weighted by molar-refractivity contribution is 5.66. The molecule has 1 atom stereocenters.